The lowest BCUT2D eigenvalue weighted by atomic mass is 10.1. The van der Waals surface area contributed by atoms with Gasteiger partial charge in [-0.3, -0.25) is 4.90 Å². The van der Waals surface area contributed by atoms with E-state index in [9.17, 15) is 5.11 Å². The van der Waals surface area contributed by atoms with E-state index in [0.29, 0.717) is 30.5 Å². The van der Waals surface area contributed by atoms with Crippen LogP contribution < -0.4 is 9.47 Å². The van der Waals surface area contributed by atoms with Crippen LogP contribution in [0.15, 0.2) is 54.6 Å². The molecule has 3 aromatic rings. The fourth-order valence-corrected chi connectivity index (χ4v) is 3.82. The van der Waals surface area contributed by atoms with E-state index in [-0.39, 0.29) is 19.3 Å². The fraction of sp³-hybridized carbons (Fsp3) is 0.393. The molecule has 0 saturated heterocycles. The summed E-state index contributed by atoms with van der Waals surface area (Å²) in [7, 11) is 1.62. The van der Waals surface area contributed by atoms with E-state index in [2.05, 4.69) is 24.7 Å². The first kappa shape index (κ1) is 26.3. The van der Waals surface area contributed by atoms with Gasteiger partial charge in [0.05, 0.1) is 36.8 Å². The largest absolute Gasteiger partial charge is 0.493 e. The van der Waals surface area contributed by atoms with Crippen LogP contribution in [-0.2, 0) is 11.3 Å². The number of aryl methyl sites for hydroxylation is 1. The molecular weight excluding hydrogens is 442 g/mol. The Hall–Kier alpha value is -3.31. The van der Waals surface area contributed by atoms with Crippen molar-refractivity contribution in [2.24, 2.45) is 0 Å². The van der Waals surface area contributed by atoms with Crippen LogP contribution in [0.3, 0.4) is 0 Å². The molecule has 0 bridgehead atoms. The first-order valence-electron chi connectivity index (χ1n) is 11.9. The Bertz CT molecular complexity index is 1110. The molecule has 0 fully saturated rings. The van der Waals surface area contributed by atoms with Crippen molar-refractivity contribution in [3.8, 4) is 35.4 Å². The van der Waals surface area contributed by atoms with Crippen molar-refractivity contribution in [1.29, 1.82) is 0 Å². The summed E-state index contributed by atoms with van der Waals surface area (Å²) in [4.78, 5) is 2.22. The Morgan fingerprint density at radius 1 is 1.11 bits per heavy atom. The molecule has 2 aromatic carbocycles. The quantitative estimate of drug-likeness (QED) is 0.287. The molecule has 0 radical (unpaired) electrons. The molecule has 1 N–H and O–H groups in total. The predicted molar refractivity (Wildman–Crippen MR) is 137 cm³/mol. The van der Waals surface area contributed by atoms with Crippen molar-refractivity contribution in [2.45, 2.75) is 45.9 Å². The minimum atomic E-state index is -0.666. The summed E-state index contributed by atoms with van der Waals surface area (Å²) in [5.74, 6) is 4.29. The standard InChI is InChI=1S/C28H35N3O4/c1-6-17-34-20-24(32)18-30(21(3)7-2)19-25-22(4)29-31(23-13-9-8-10-14-23)28(25)35-27-16-12-11-15-26(27)33-5/h1,8-16,21,24,32H,7,17-20H2,2-5H3/t21-,24+/m0/s1. The van der Waals surface area contributed by atoms with Crippen LogP contribution in [0.5, 0.6) is 17.4 Å². The van der Waals surface area contributed by atoms with Crippen LogP contribution in [0, 0.1) is 19.3 Å². The molecule has 0 aliphatic heterocycles. The molecule has 3 rings (SSSR count). The lowest BCUT2D eigenvalue weighted by Crippen LogP contribution is -2.40. The summed E-state index contributed by atoms with van der Waals surface area (Å²) in [5.41, 5.74) is 2.69. The molecular formula is C28H35N3O4. The molecule has 0 amide bonds. The number of nitrogens with zero attached hydrogens (tertiary/aromatic N) is 3. The number of methoxy groups -OCH3 is 1. The number of para-hydroxylation sites is 3. The number of ether oxygens (including phenoxy) is 3. The monoisotopic (exact) mass is 477 g/mol. The zero-order chi connectivity index (χ0) is 25.2. The summed E-state index contributed by atoms with van der Waals surface area (Å²) >= 11 is 0. The van der Waals surface area contributed by atoms with Crippen LogP contribution in [0.2, 0.25) is 0 Å². The van der Waals surface area contributed by atoms with E-state index >= 15 is 0 Å². The van der Waals surface area contributed by atoms with Gasteiger partial charge in [-0.2, -0.15) is 5.10 Å². The van der Waals surface area contributed by atoms with Crippen LogP contribution in [-0.4, -0.2) is 58.8 Å². The zero-order valence-corrected chi connectivity index (χ0v) is 21.0. The highest BCUT2D eigenvalue weighted by Crippen LogP contribution is 2.36. The van der Waals surface area contributed by atoms with Crippen molar-refractivity contribution < 1.29 is 19.3 Å². The molecule has 35 heavy (non-hydrogen) atoms. The first-order valence-corrected chi connectivity index (χ1v) is 11.9. The molecule has 0 aliphatic rings. The number of aliphatic hydroxyl groups excluding tert-OH is 1. The highest BCUT2D eigenvalue weighted by Gasteiger charge is 2.25. The maximum absolute atomic E-state index is 10.6. The molecule has 0 saturated carbocycles. The molecule has 1 heterocycles. The Kier molecular flexibility index (Phi) is 9.74. The van der Waals surface area contributed by atoms with Crippen molar-refractivity contribution in [1.82, 2.24) is 14.7 Å². The Morgan fingerprint density at radius 3 is 2.46 bits per heavy atom. The number of rotatable bonds is 13. The number of aliphatic hydroxyl groups is 1. The molecule has 0 spiro atoms. The van der Waals surface area contributed by atoms with Gasteiger partial charge >= 0.3 is 0 Å². The molecule has 186 valence electrons. The van der Waals surface area contributed by atoms with Crippen LogP contribution >= 0.6 is 0 Å². The van der Waals surface area contributed by atoms with E-state index in [1.807, 2.05) is 66.2 Å². The van der Waals surface area contributed by atoms with Crippen LogP contribution in [0.25, 0.3) is 5.69 Å². The van der Waals surface area contributed by atoms with Crippen molar-refractivity contribution in [3.05, 3.63) is 65.9 Å². The maximum atomic E-state index is 10.6. The van der Waals surface area contributed by atoms with E-state index < -0.39 is 6.10 Å². The Morgan fingerprint density at radius 2 is 1.80 bits per heavy atom. The normalized spacial score (nSPS) is 12.8. The summed E-state index contributed by atoms with van der Waals surface area (Å²) in [5, 5.41) is 15.4. The van der Waals surface area contributed by atoms with Gasteiger partial charge in [-0.1, -0.05) is 43.2 Å². The lowest BCUT2D eigenvalue weighted by molar-refractivity contribution is 0.0168. The lowest BCUT2D eigenvalue weighted by Gasteiger charge is -2.30. The van der Waals surface area contributed by atoms with E-state index in [0.717, 1.165) is 23.4 Å². The van der Waals surface area contributed by atoms with E-state index in [1.54, 1.807) is 7.11 Å². The first-order chi connectivity index (χ1) is 17.0. The van der Waals surface area contributed by atoms with E-state index in [1.165, 1.54) is 0 Å². The smallest absolute Gasteiger partial charge is 0.227 e. The molecule has 2 atom stereocenters. The van der Waals surface area contributed by atoms with Gasteiger partial charge in [0, 0.05) is 19.1 Å². The van der Waals surface area contributed by atoms with E-state index in [4.69, 9.17) is 25.7 Å². The molecule has 0 unspecified atom stereocenters. The third-order valence-corrected chi connectivity index (χ3v) is 5.93. The van der Waals surface area contributed by atoms with Gasteiger partial charge in [-0.15, -0.1) is 6.42 Å². The minimum absolute atomic E-state index is 0.181. The number of hydrogen-bond donors (Lipinski definition) is 1. The topological polar surface area (TPSA) is 69.0 Å². The second-order valence-electron chi connectivity index (χ2n) is 8.43. The Labute approximate surface area is 208 Å². The predicted octanol–water partition coefficient (Wildman–Crippen LogP) is 4.59. The summed E-state index contributed by atoms with van der Waals surface area (Å²) in [6.07, 6.45) is 5.51. The van der Waals surface area contributed by atoms with Gasteiger partial charge in [-0.25, -0.2) is 4.68 Å². The molecule has 7 heteroatoms. The maximum Gasteiger partial charge on any atom is 0.227 e. The fourth-order valence-electron chi connectivity index (χ4n) is 3.82. The zero-order valence-electron chi connectivity index (χ0n) is 21.0. The highest BCUT2D eigenvalue weighted by molar-refractivity contribution is 5.47. The van der Waals surface area contributed by atoms with Crippen molar-refractivity contribution in [3.63, 3.8) is 0 Å². The van der Waals surface area contributed by atoms with Gasteiger partial charge in [-0.05, 0) is 44.5 Å². The molecule has 7 nitrogen and oxygen atoms in total. The average Bonchev–Trinajstić information content (AvgIpc) is 3.18. The number of hydrogen-bond acceptors (Lipinski definition) is 6. The summed E-state index contributed by atoms with van der Waals surface area (Å²) < 4.78 is 19.2. The second-order valence-corrected chi connectivity index (χ2v) is 8.43. The highest BCUT2D eigenvalue weighted by atomic mass is 16.5. The van der Waals surface area contributed by atoms with Gasteiger partial charge in [0.25, 0.3) is 0 Å². The molecule has 1 aromatic heterocycles. The third-order valence-electron chi connectivity index (χ3n) is 5.93. The number of benzene rings is 2. The number of aromatic nitrogens is 2. The summed E-state index contributed by atoms with van der Waals surface area (Å²) in [6.45, 7) is 7.60. The SMILES string of the molecule is C#CCOC[C@H](O)CN(Cc1c(C)nn(-c2ccccc2)c1Oc1ccccc1OC)[C@@H](C)CC. The third kappa shape index (κ3) is 6.86. The van der Waals surface area contributed by atoms with Gasteiger partial charge in [0.15, 0.2) is 11.5 Å². The van der Waals surface area contributed by atoms with Gasteiger partial charge in [0.2, 0.25) is 5.88 Å². The average molecular weight is 478 g/mol. The van der Waals surface area contributed by atoms with Crippen LogP contribution in [0.4, 0.5) is 0 Å². The number of terminal acetylenes is 1. The van der Waals surface area contributed by atoms with Crippen molar-refractivity contribution >= 4 is 0 Å². The summed E-state index contributed by atoms with van der Waals surface area (Å²) in [6, 6.07) is 17.7. The minimum Gasteiger partial charge on any atom is -0.493 e. The Balaban J connectivity index is 1.99. The van der Waals surface area contributed by atoms with Crippen molar-refractivity contribution in [2.75, 3.05) is 26.9 Å². The van der Waals surface area contributed by atoms with Gasteiger partial charge in [0.1, 0.15) is 6.61 Å². The molecule has 0 aliphatic carbocycles. The second kappa shape index (κ2) is 13.0. The van der Waals surface area contributed by atoms with Crippen LogP contribution in [0.1, 0.15) is 31.5 Å². The van der Waals surface area contributed by atoms with Gasteiger partial charge < -0.3 is 19.3 Å².